The molecule has 0 amide bonds. The first-order valence-electron chi connectivity index (χ1n) is 5.59. The molecule has 19 heavy (non-hydrogen) atoms. The molecule has 8 heteroatoms. The Hall–Kier alpha value is -1.43. The predicted molar refractivity (Wildman–Crippen MR) is 69.1 cm³/mol. The van der Waals surface area contributed by atoms with Crippen molar-refractivity contribution in [3.8, 4) is 6.07 Å². The van der Waals surface area contributed by atoms with Gasteiger partial charge in [-0.05, 0) is 30.4 Å². The molecule has 2 atom stereocenters. The monoisotopic (exact) mass is 300 g/mol. The van der Waals surface area contributed by atoms with E-state index in [0.717, 1.165) is 9.18 Å². The van der Waals surface area contributed by atoms with E-state index in [1.807, 2.05) is 0 Å². The highest BCUT2D eigenvalue weighted by Gasteiger charge is 2.42. The van der Waals surface area contributed by atoms with E-state index in [1.54, 1.807) is 17.5 Å². The number of carbonyl (C=O) groups is 1. The second kappa shape index (κ2) is 4.92. The number of aliphatic carboxylic acids is 1. The summed E-state index contributed by atoms with van der Waals surface area (Å²) in [5.41, 5.74) is 0.512. The molecule has 0 spiro atoms. The Bertz CT molecular complexity index is 644. The van der Waals surface area contributed by atoms with Gasteiger partial charge in [0.05, 0.1) is 6.07 Å². The molecule has 0 fully saturated rings. The average Bonchev–Trinajstić information content (AvgIpc) is 2.83. The van der Waals surface area contributed by atoms with Crippen LogP contribution in [0.1, 0.15) is 23.4 Å². The third-order valence-corrected chi connectivity index (χ3v) is 6.15. The lowest BCUT2D eigenvalue weighted by atomic mass is 10.0. The molecular weight excluding hydrogens is 288 g/mol. The number of hydrogen-bond donors (Lipinski definition) is 1. The lowest BCUT2D eigenvalue weighted by molar-refractivity contribution is -0.142. The molecule has 0 bridgehead atoms. The van der Waals surface area contributed by atoms with Crippen molar-refractivity contribution in [3.63, 3.8) is 0 Å². The van der Waals surface area contributed by atoms with E-state index in [4.69, 9.17) is 5.26 Å². The van der Waals surface area contributed by atoms with Crippen LogP contribution in [0.25, 0.3) is 0 Å². The van der Waals surface area contributed by atoms with Gasteiger partial charge in [0.2, 0.25) is 10.0 Å². The van der Waals surface area contributed by atoms with Crippen molar-refractivity contribution in [2.75, 3.05) is 6.54 Å². The highest BCUT2D eigenvalue weighted by atomic mass is 32.2. The summed E-state index contributed by atoms with van der Waals surface area (Å²) in [7, 11) is -3.93. The number of thiophene rings is 1. The van der Waals surface area contributed by atoms with Crippen molar-refractivity contribution < 1.29 is 18.3 Å². The fourth-order valence-corrected chi connectivity index (χ4v) is 4.38. The minimum absolute atomic E-state index is 0.0961. The predicted octanol–water partition coefficient (Wildman–Crippen LogP) is 0.974. The standard InChI is InChI=1S/C11H12N2O4S2/c1-7(6-12)19(16,17)13-4-2-9-8(3-5-18-9)10(13)11(14)15/h3,5,7,10H,2,4H2,1H3,(H,14,15). The summed E-state index contributed by atoms with van der Waals surface area (Å²) in [6, 6.07) is 2.07. The maximum Gasteiger partial charge on any atom is 0.326 e. The summed E-state index contributed by atoms with van der Waals surface area (Å²) in [5.74, 6) is -1.21. The van der Waals surface area contributed by atoms with Gasteiger partial charge in [-0.25, -0.2) is 8.42 Å². The Balaban J connectivity index is 2.49. The van der Waals surface area contributed by atoms with Crippen LogP contribution in [0.3, 0.4) is 0 Å². The highest BCUT2D eigenvalue weighted by Crippen LogP contribution is 2.35. The molecule has 1 aromatic heterocycles. The number of carboxylic acid groups (broad SMARTS) is 1. The molecule has 1 aromatic rings. The molecule has 2 rings (SSSR count). The van der Waals surface area contributed by atoms with Crippen molar-refractivity contribution in [2.24, 2.45) is 0 Å². The van der Waals surface area contributed by atoms with Gasteiger partial charge in [0.1, 0.15) is 6.04 Å². The van der Waals surface area contributed by atoms with Crippen molar-refractivity contribution >= 4 is 27.3 Å². The van der Waals surface area contributed by atoms with E-state index in [1.165, 1.54) is 18.3 Å². The largest absolute Gasteiger partial charge is 0.480 e. The molecule has 1 N–H and O–H groups in total. The van der Waals surface area contributed by atoms with E-state index in [-0.39, 0.29) is 6.54 Å². The summed E-state index contributed by atoms with van der Waals surface area (Å²) in [4.78, 5) is 12.3. The number of fused-ring (bicyclic) bond motifs is 1. The summed E-state index contributed by atoms with van der Waals surface area (Å²) < 4.78 is 25.3. The van der Waals surface area contributed by atoms with E-state index in [2.05, 4.69) is 0 Å². The van der Waals surface area contributed by atoms with E-state index < -0.39 is 27.3 Å². The van der Waals surface area contributed by atoms with Crippen molar-refractivity contribution in [3.05, 3.63) is 21.9 Å². The minimum Gasteiger partial charge on any atom is -0.480 e. The van der Waals surface area contributed by atoms with Gasteiger partial charge in [0, 0.05) is 11.4 Å². The van der Waals surface area contributed by atoms with Gasteiger partial charge < -0.3 is 5.11 Å². The third kappa shape index (κ3) is 2.25. The van der Waals surface area contributed by atoms with Crippen molar-refractivity contribution in [2.45, 2.75) is 24.6 Å². The Morgan fingerprint density at radius 2 is 2.37 bits per heavy atom. The number of nitrogens with zero attached hydrogens (tertiary/aromatic N) is 2. The molecule has 0 saturated carbocycles. The molecule has 0 saturated heterocycles. The normalized spacial score (nSPS) is 21.4. The zero-order chi connectivity index (χ0) is 14.2. The summed E-state index contributed by atoms with van der Waals surface area (Å²) in [6.07, 6.45) is 0.480. The van der Waals surface area contributed by atoms with Gasteiger partial charge in [0.15, 0.2) is 5.25 Å². The highest BCUT2D eigenvalue weighted by molar-refractivity contribution is 7.90. The quantitative estimate of drug-likeness (QED) is 0.897. The fraction of sp³-hybridized carbons (Fsp3) is 0.455. The Kier molecular flexibility index (Phi) is 3.62. The first kappa shape index (κ1) is 14.0. The van der Waals surface area contributed by atoms with E-state index in [9.17, 15) is 18.3 Å². The fourth-order valence-electron chi connectivity index (χ4n) is 2.09. The summed E-state index contributed by atoms with van der Waals surface area (Å²) in [5, 5.41) is 18.6. The van der Waals surface area contributed by atoms with Crippen LogP contribution < -0.4 is 0 Å². The molecule has 0 aromatic carbocycles. The van der Waals surface area contributed by atoms with Gasteiger partial charge in [-0.1, -0.05) is 0 Å². The molecule has 102 valence electrons. The molecule has 0 aliphatic carbocycles. The summed E-state index contributed by atoms with van der Waals surface area (Å²) in [6.45, 7) is 1.36. The number of rotatable bonds is 3. The van der Waals surface area contributed by atoms with Gasteiger partial charge in [-0.2, -0.15) is 9.57 Å². The molecular formula is C11H12N2O4S2. The second-order valence-electron chi connectivity index (χ2n) is 4.22. The first-order chi connectivity index (χ1) is 8.89. The lowest BCUT2D eigenvalue weighted by Gasteiger charge is -2.32. The maximum absolute atomic E-state index is 12.2. The van der Waals surface area contributed by atoms with Crippen molar-refractivity contribution in [1.82, 2.24) is 4.31 Å². The van der Waals surface area contributed by atoms with Crippen molar-refractivity contribution in [1.29, 1.82) is 5.26 Å². The Morgan fingerprint density at radius 3 is 2.95 bits per heavy atom. The third-order valence-electron chi connectivity index (χ3n) is 3.11. The minimum atomic E-state index is -3.93. The van der Waals surface area contributed by atoms with Crippen LogP contribution in [0.15, 0.2) is 11.4 Å². The van der Waals surface area contributed by atoms with Crippen LogP contribution in [-0.2, 0) is 21.2 Å². The SMILES string of the molecule is CC(C#N)S(=O)(=O)N1CCc2sccc2C1C(=O)O. The number of hydrogen-bond acceptors (Lipinski definition) is 5. The second-order valence-corrected chi connectivity index (χ2v) is 7.42. The Labute approximate surface area is 114 Å². The molecule has 2 unspecified atom stereocenters. The van der Waals surface area contributed by atoms with E-state index >= 15 is 0 Å². The van der Waals surface area contributed by atoms with E-state index in [0.29, 0.717) is 12.0 Å². The molecule has 1 aliphatic rings. The van der Waals surface area contributed by atoms with Crippen LogP contribution in [-0.4, -0.2) is 35.6 Å². The number of carboxylic acids is 1. The average molecular weight is 300 g/mol. The number of sulfonamides is 1. The van der Waals surface area contributed by atoms with Gasteiger partial charge in [-0.15, -0.1) is 11.3 Å². The first-order valence-corrected chi connectivity index (χ1v) is 7.97. The van der Waals surface area contributed by atoms with Gasteiger partial charge in [0.25, 0.3) is 0 Å². The Morgan fingerprint density at radius 1 is 1.68 bits per heavy atom. The zero-order valence-corrected chi connectivity index (χ0v) is 11.7. The molecule has 1 aliphatic heterocycles. The van der Waals surface area contributed by atoms with Crippen LogP contribution >= 0.6 is 11.3 Å². The van der Waals surface area contributed by atoms with Gasteiger partial charge in [-0.3, -0.25) is 4.79 Å². The van der Waals surface area contributed by atoms with Gasteiger partial charge >= 0.3 is 5.97 Å². The lowest BCUT2D eigenvalue weighted by Crippen LogP contribution is -2.46. The smallest absolute Gasteiger partial charge is 0.326 e. The zero-order valence-electron chi connectivity index (χ0n) is 10.1. The molecule has 6 nitrogen and oxygen atoms in total. The van der Waals surface area contributed by atoms with Crippen LogP contribution in [0.2, 0.25) is 0 Å². The molecule has 2 heterocycles. The molecule has 0 radical (unpaired) electrons. The van der Waals surface area contributed by atoms with Crippen LogP contribution in [0, 0.1) is 11.3 Å². The van der Waals surface area contributed by atoms with Crippen LogP contribution in [0.5, 0.6) is 0 Å². The maximum atomic E-state index is 12.2. The topological polar surface area (TPSA) is 98.5 Å². The van der Waals surface area contributed by atoms with Crippen LogP contribution in [0.4, 0.5) is 0 Å². The summed E-state index contributed by atoms with van der Waals surface area (Å²) >= 11 is 1.42. The number of nitriles is 1.